The number of fused-ring (bicyclic) bond motifs is 1. The average Bonchev–Trinajstić information content (AvgIpc) is 3.18. The molecular weight excluding hydrogens is 488 g/mol. The Morgan fingerprint density at radius 2 is 1.79 bits per heavy atom. The molecule has 11 heteroatoms. The van der Waals surface area contributed by atoms with Crippen molar-refractivity contribution in [1.29, 1.82) is 0 Å². The first-order valence-corrected chi connectivity index (χ1v) is 12.4. The number of hydrogen-bond donors (Lipinski definition) is 0. The molecular formula is C27H30N6O5. The number of carbonyl (C=O) groups excluding carboxylic acids is 1. The van der Waals surface area contributed by atoms with Crippen molar-refractivity contribution in [3.05, 3.63) is 70.6 Å². The number of hydrogen-bond acceptors (Lipinski definition) is 10. The first-order valence-electron chi connectivity index (χ1n) is 12.4. The van der Waals surface area contributed by atoms with Crippen LogP contribution in [0.5, 0.6) is 0 Å². The van der Waals surface area contributed by atoms with Gasteiger partial charge in [-0.15, -0.1) is 5.06 Å². The van der Waals surface area contributed by atoms with Gasteiger partial charge < -0.3 is 18.9 Å². The van der Waals surface area contributed by atoms with E-state index in [-0.39, 0.29) is 0 Å². The number of rotatable bonds is 5. The number of aryl methyl sites for hydroxylation is 1. The number of piperazine rings is 1. The van der Waals surface area contributed by atoms with Gasteiger partial charge in [0.1, 0.15) is 5.60 Å². The first-order chi connectivity index (χ1) is 18.1. The van der Waals surface area contributed by atoms with Crippen molar-refractivity contribution >= 4 is 23.1 Å². The number of benzene rings is 1. The highest BCUT2D eigenvalue weighted by atomic mass is 16.8. The molecule has 3 aromatic heterocycles. The van der Waals surface area contributed by atoms with Crippen LogP contribution in [-0.4, -0.2) is 62.5 Å². The minimum Gasteiger partial charge on any atom is -0.427 e. The van der Waals surface area contributed by atoms with Crippen molar-refractivity contribution < 1.29 is 18.8 Å². The molecule has 4 heterocycles. The molecule has 0 atom stereocenters. The molecule has 38 heavy (non-hydrogen) atoms. The van der Waals surface area contributed by atoms with Crippen LogP contribution in [0.3, 0.4) is 0 Å². The second-order valence-electron chi connectivity index (χ2n) is 10.2. The molecule has 0 unspecified atom stereocenters. The predicted octanol–water partition coefficient (Wildman–Crippen LogP) is 3.79. The minimum atomic E-state index is -0.696. The summed E-state index contributed by atoms with van der Waals surface area (Å²) in [6.07, 6.45) is 2.89. The lowest BCUT2D eigenvalue weighted by molar-refractivity contribution is -0.144. The fourth-order valence-electron chi connectivity index (χ4n) is 4.21. The number of nitrogens with zero attached hydrogens (tertiary/aromatic N) is 6. The Balaban J connectivity index is 1.23. The van der Waals surface area contributed by atoms with Gasteiger partial charge in [0, 0.05) is 24.3 Å². The van der Waals surface area contributed by atoms with Crippen molar-refractivity contribution in [2.45, 2.75) is 39.8 Å². The van der Waals surface area contributed by atoms with Crippen LogP contribution in [0.1, 0.15) is 32.0 Å². The van der Waals surface area contributed by atoms with Gasteiger partial charge >= 0.3 is 11.9 Å². The standard InChI is InChI=1S/C27H30N6O5/c1-18-8-9-22-24(30-18)33(25(34)36-22)17-19-6-5-7-20(14-19)23-28-15-21(16-29-23)31-10-12-32(13-11-31)38-26(35)37-27(2,3)4/h5-9,14-16H,10-13,17H2,1-4H3. The van der Waals surface area contributed by atoms with E-state index < -0.39 is 17.5 Å². The van der Waals surface area contributed by atoms with Crippen LogP contribution < -0.4 is 10.7 Å². The summed E-state index contributed by atoms with van der Waals surface area (Å²) < 4.78 is 12.1. The van der Waals surface area contributed by atoms with Crippen LogP contribution >= 0.6 is 0 Å². The highest BCUT2D eigenvalue weighted by Crippen LogP contribution is 2.21. The maximum Gasteiger partial charge on any atom is 0.528 e. The van der Waals surface area contributed by atoms with Gasteiger partial charge in [0.05, 0.1) is 37.7 Å². The highest BCUT2D eigenvalue weighted by molar-refractivity contribution is 5.68. The molecule has 1 fully saturated rings. The summed E-state index contributed by atoms with van der Waals surface area (Å²) in [4.78, 5) is 45.4. The zero-order chi connectivity index (χ0) is 26.9. The molecule has 11 nitrogen and oxygen atoms in total. The number of hydroxylamine groups is 2. The third-order valence-electron chi connectivity index (χ3n) is 6.01. The topological polar surface area (TPSA) is 116 Å². The third-order valence-corrected chi connectivity index (χ3v) is 6.01. The lowest BCUT2D eigenvalue weighted by Gasteiger charge is -2.34. The maximum absolute atomic E-state index is 12.4. The van der Waals surface area contributed by atoms with Crippen LogP contribution in [0, 0.1) is 6.92 Å². The molecule has 1 aliphatic heterocycles. The molecule has 1 saturated heterocycles. The predicted molar refractivity (Wildman–Crippen MR) is 141 cm³/mol. The van der Waals surface area contributed by atoms with E-state index in [2.05, 4.69) is 19.9 Å². The monoisotopic (exact) mass is 518 g/mol. The zero-order valence-electron chi connectivity index (χ0n) is 21.9. The van der Waals surface area contributed by atoms with Gasteiger partial charge in [-0.05, 0) is 51.5 Å². The van der Waals surface area contributed by atoms with E-state index in [4.69, 9.17) is 14.0 Å². The van der Waals surface area contributed by atoms with Crippen LogP contribution in [0.25, 0.3) is 22.6 Å². The fourth-order valence-corrected chi connectivity index (χ4v) is 4.21. The Morgan fingerprint density at radius 1 is 1.05 bits per heavy atom. The number of oxazole rings is 1. The Kier molecular flexibility index (Phi) is 6.85. The second-order valence-corrected chi connectivity index (χ2v) is 10.2. The normalized spacial score (nSPS) is 14.6. The Morgan fingerprint density at radius 3 is 2.50 bits per heavy atom. The van der Waals surface area contributed by atoms with E-state index in [0.29, 0.717) is 49.8 Å². The van der Waals surface area contributed by atoms with Crippen molar-refractivity contribution in [2.75, 3.05) is 31.1 Å². The third kappa shape index (κ3) is 5.83. The van der Waals surface area contributed by atoms with E-state index >= 15 is 0 Å². The average molecular weight is 519 g/mol. The summed E-state index contributed by atoms with van der Waals surface area (Å²) >= 11 is 0. The molecule has 0 spiro atoms. The van der Waals surface area contributed by atoms with Gasteiger partial charge in [0.25, 0.3) is 0 Å². The van der Waals surface area contributed by atoms with Crippen LogP contribution in [0.15, 0.2) is 58.0 Å². The number of aromatic nitrogens is 4. The summed E-state index contributed by atoms with van der Waals surface area (Å²) in [5, 5.41) is 1.61. The molecule has 0 amide bonds. The summed E-state index contributed by atoms with van der Waals surface area (Å²) in [7, 11) is 0. The molecule has 0 bridgehead atoms. The summed E-state index contributed by atoms with van der Waals surface area (Å²) in [5.41, 5.74) is 3.84. The van der Waals surface area contributed by atoms with Crippen LogP contribution in [0.4, 0.5) is 10.5 Å². The van der Waals surface area contributed by atoms with Gasteiger partial charge in [0.2, 0.25) is 0 Å². The Hall–Kier alpha value is -4.25. The Bertz CT molecular complexity index is 1500. The highest BCUT2D eigenvalue weighted by Gasteiger charge is 2.24. The quantitative estimate of drug-likeness (QED) is 0.361. The fraction of sp³-hybridized carbons (Fsp3) is 0.370. The van der Waals surface area contributed by atoms with E-state index in [1.54, 1.807) is 44.3 Å². The number of ether oxygens (including phenoxy) is 1. The summed E-state index contributed by atoms with van der Waals surface area (Å²) in [6, 6.07) is 11.3. The molecule has 5 rings (SSSR count). The molecule has 0 saturated carbocycles. The SMILES string of the molecule is Cc1ccc2oc(=O)n(Cc3cccc(-c4ncc(N5CCN(OC(=O)OC(C)(C)C)CC5)cn4)c3)c2n1. The molecule has 0 aliphatic carbocycles. The van der Waals surface area contributed by atoms with Crippen LogP contribution in [0.2, 0.25) is 0 Å². The molecule has 0 radical (unpaired) electrons. The largest absolute Gasteiger partial charge is 0.528 e. The molecule has 1 aromatic carbocycles. The zero-order valence-corrected chi connectivity index (χ0v) is 21.9. The first kappa shape index (κ1) is 25.4. The summed E-state index contributed by atoms with van der Waals surface area (Å²) in [6.45, 7) is 9.99. The van der Waals surface area contributed by atoms with E-state index in [0.717, 1.165) is 22.5 Å². The molecule has 198 valence electrons. The van der Waals surface area contributed by atoms with Crippen molar-refractivity contribution in [3.8, 4) is 11.4 Å². The van der Waals surface area contributed by atoms with Gasteiger partial charge in [-0.25, -0.2) is 24.5 Å². The summed E-state index contributed by atoms with van der Waals surface area (Å²) in [5.74, 6) is 0.140. The Labute approximate surface area is 219 Å². The lowest BCUT2D eigenvalue weighted by atomic mass is 10.1. The molecule has 1 aliphatic rings. The van der Waals surface area contributed by atoms with Gasteiger partial charge in [-0.1, -0.05) is 18.2 Å². The molecule has 0 N–H and O–H groups in total. The lowest BCUT2D eigenvalue weighted by Crippen LogP contribution is -2.47. The van der Waals surface area contributed by atoms with Crippen LogP contribution in [-0.2, 0) is 16.1 Å². The van der Waals surface area contributed by atoms with E-state index in [9.17, 15) is 9.59 Å². The molecule has 4 aromatic rings. The second kappa shape index (κ2) is 10.3. The van der Waals surface area contributed by atoms with Crippen molar-refractivity contribution in [3.63, 3.8) is 0 Å². The maximum atomic E-state index is 12.4. The number of anilines is 1. The smallest absolute Gasteiger partial charge is 0.427 e. The van der Waals surface area contributed by atoms with E-state index in [1.165, 1.54) is 4.57 Å². The van der Waals surface area contributed by atoms with Crippen molar-refractivity contribution in [2.24, 2.45) is 0 Å². The van der Waals surface area contributed by atoms with Gasteiger partial charge in [-0.2, -0.15) is 0 Å². The van der Waals surface area contributed by atoms with Gasteiger partial charge in [-0.3, -0.25) is 4.57 Å². The number of pyridine rings is 1. The van der Waals surface area contributed by atoms with Crippen molar-refractivity contribution in [1.82, 2.24) is 24.6 Å². The van der Waals surface area contributed by atoms with E-state index in [1.807, 2.05) is 37.3 Å². The van der Waals surface area contributed by atoms with Gasteiger partial charge in [0.15, 0.2) is 17.1 Å². The minimum absolute atomic E-state index is 0.323. The number of carbonyl (C=O) groups is 1.